The monoisotopic (exact) mass is 304 g/mol. The van der Waals surface area contributed by atoms with Gasteiger partial charge in [0.05, 0.1) is 5.37 Å². The Balaban J connectivity index is 2.22. The Kier molecular flexibility index (Phi) is 3.31. The van der Waals surface area contributed by atoms with Gasteiger partial charge in [0.25, 0.3) is 0 Å². The molecule has 0 amide bonds. The maximum absolute atomic E-state index is 12.6. The van der Waals surface area contributed by atoms with Crippen molar-refractivity contribution in [1.82, 2.24) is 0 Å². The molecule has 0 spiro atoms. The summed E-state index contributed by atoms with van der Waals surface area (Å²) in [6.07, 6.45) is 0. The summed E-state index contributed by atoms with van der Waals surface area (Å²) in [6, 6.07) is 9.48. The summed E-state index contributed by atoms with van der Waals surface area (Å²) >= 11 is 1.50. The molecule has 2 atom stereocenters. The average molecular weight is 304 g/mol. The highest BCUT2D eigenvalue weighted by Gasteiger charge is 2.36. The third kappa shape index (κ3) is 2.13. The van der Waals surface area contributed by atoms with Gasteiger partial charge in [-0.05, 0) is 30.5 Å². The summed E-state index contributed by atoms with van der Waals surface area (Å²) < 4.78 is 0. The summed E-state index contributed by atoms with van der Waals surface area (Å²) in [6.45, 7) is 1.94. The number of carbonyl (C=O) groups excluding carboxylic acids is 1. The van der Waals surface area contributed by atoms with E-state index in [0.717, 1.165) is 15.3 Å². The van der Waals surface area contributed by atoms with Crippen molar-refractivity contribution in [2.75, 3.05) is 0 Å². The Hall–Kier alpha value is -1.72. The maximum Gasteiger partial charge on any atom is 0.334 e. The highest BCUT2D eigenvalue weighted by molar-refractivity contribution is 8.17. The molecule has 1 aromatic carbocycles. The van der Waals surface area contributed by atoms with Crippen molar-refractivity contribution in [3.63, 3.8) is 0 Å². The van der Waals surface area contributed by atoms with Crippen molar-refractivity contribution in [3.8, 4) is 0 Å². The van der Waals surface area contributed by atoms with E-state index in [1.165, 1.54) is 16.7 Å². The average Bonchev–Trinajstić information content (AvgIpc) is 2.98. The van der Waals surface area contributed by atoms with Gasteiger partial charge in [0.15, 0.2) is 5.78 Å². The zero-order valence-corrected chi connectivity index (χ0v) is 12.3. The molecule has 3 rings (SSSR count). The third-order valence-electron chi connectivity index (χ3n) is 3.18. The van der Waals surface area contributed by atoms with Crippen LogP contribution in [0, 0.1) is 6.92 Å². The quantitative estimate of drug-likeness (QED) is 0.864. The number of fused-ring (bicyclic) bond motifs is 1. The highest BCUT2D eigenvalue weighted by Crippen LogP contribution is 2.52. The summed E-state index contributed by atoms with van der Waals surface area (Å²) in [5, 5.41) is 11.9. The molecular weight excluding hydrogens is 292 g/mol. The van der Waals surface area contributed by atoms with Crippen LogP contribution < -0.4 is 0 Å². The summed E-state index contributed by atoms with van der Waals surface area (Å²) in [7, 11) is -0.702. The topological polar surface area (TPSA) is 54.4 Å². The predicted molar refractivity (Wildman–Crippen MR) is 82.1 cm³/mol. The number of rotatable bonds is 2. The fraction of sp³-hybridized carbons (Fsp3) is 0.133. The normalized spacial score (nSPS) is 21.1. The van der Waals surface area contributed by atoms with E-state index in [1.54, 1.807) is 0 Å². The molecule has 0 fully saturated rings. The standard InChI is InChI=1S/C15H12O3S2/c1-9-4-5-12-10(7-9)14(18)15(11-3-2-6-19-11)20(12)8-13(16)17/h2-8,15H,1H3,(H,16,17). The zero-order chi connectivity index (χ0) is 14.3. The van der Waals surface area contributed by atoms with E-state index in [4.69, 9.17) is 5.11 Å². The van der Waals surface area contributed by atoms with Gasteiger partial charge in [-0.1, -0.05) is 17.7 Å². The number of benzene rings is 1. The fourth-order valence-corrected chi connectivity index (χ4v) is 5.60. The first-order valence-corrected chi connectivity index (χ1v) is 8.29. The first-order chi connectivity index (χ1) is 9.58. The summed E-state index contributed by atoms with van der Waals surface area (Å²) in [4.78, 5) is 25.5. The second kappa shape index (κ2) is 5.00. The minimum atomic E-state index is -0.976. The summed E-state index contributed by atoms with van der Waals surface area (Å²) in [5.74, 6) is -0.942. The molecule has 1 aliphatic rings. The van der Waals surface area contributed by atoms with E-state index in [0.29, 0.717) is 5.56 Å². The zero-order valence-electron chi connectivity index (χ0n) is 10.7. The van der Waals surface area contributed by atoms with Gasteiger partial charge >= 0.3 is 5.97 Å². The number of carbonyl (C=O) groups is 2. The minimum Gasteiger partial charge on any atom is -0.478 e. The molecule has 0 aliphatic carbocycles. The molecule has 0 bridgehead atoms. The molecule has 0 radical (unpaired) electrons. The van der Waals surface area contributed by atoms with Crippen LogP contribution in [-0.4, -0.2) is 22.2 Å². The molecule has 102 valence electrons. The van der Waals surface area contributed by atoms with Crippen molar-refractivity contribution in [2.24, 2.45) is 0 Å². The number of Topliss-reactive ketones (excluding diaryl/α,β-unsaturated/α-hetero) is 1. The fourth-order valence-electron chi connectivity index (χ4n) is 2.36. The lowest BCUT2D eigenvalue weighted by Gasteiger charge is -2.09. The Morgan fingerprint density at radius 2 is 2.20 bits per heavy atom. The second-order valence-corrected chi connectivity index (χ2v) is 7.46. The first kappa shape index (κ1) is 13.3. The second-order valence-electron chi connectivity index (χ2n) is 4.59. The molecule has 1 aromatic heterocycles. The van der Waals surface area contributed by atoms with Gasteiger partial charge in [0.2, 0.25) is 0 Å². The Morgan fingerprint density at radius 1 is 1.40 bits per heavy atom. The maximum atomic E-state index is 12.6. The molecule has 0 saturated carbocycles. The van der Waals surface area contributed by atoms with Crippen LogP contribution in [-0.2, 0) is 4.79 Å². The van der Waals surface area contributed by atoms with Gasteiger partial charge in [-0.3, -0.25) is 4.79 Å². The first-order valence-electron chi connectivity index (χ1n) is 6.06. The van der Waals surface area contributed by atoms with Crippen LogP contribution in [0.4, 0.5) is 0 Å². The van der Waals surface area contributed by atoms with Crippen LogP contribution in [0.5, 0.6) is 0 Å². The Morgan fingerprint density at radius 3 is 2.85 bits per heavy atom. The molecule has 1 aliphatic heterocycles. The molecule has 2 unspecified atom stereocenters. The lowest BCUT2D eigenvalue weighted by molar-refractivity contribution is -0.128. The number of ketones is 1. The number of hydrogen-bond acceptors (Lipinski definition) is 3. The number of hydrogen-bond donors (Lipinski definition) is 1. The van der Waals surface area contributed by atoms with Gasteiger partial charge < -0.3 is 5.11 Å². The third-order valence-corrected chi connectivity index (χ3v) is 6.56. The lowest BCUT2D eigenvalue weighted by atomic mass is 10.1. The van der Waals surface area contributed by atoms with Crippen molar-refractivity contribution < 1.29 is 14.7 Å². The van der Waals surface area contributed by atoms with Gasteiger partial charge in [-0.15, -0.1) is 21.8 Å². The molecule has 5 heteroatoms. The molecule has 20 heavy (non-hydrogen) atoms. The number of carboxylic acids is 1. The van der Waals surface area contributed by atoms with Gasteiger partial charge in [0.1, 0.15) is 5.25 Å². The van der Waals surface area contributed by atoms with E-state index in [-0.39, 0.29) is 11.0 Å². The minimum absolute atomic E-state index is 0.0342. The number of aryl methyl sites for hydroxylation is 1. The number of carboxylic acid groups (broad SMARTS) is 1. The Bertz CT molecular complexity index is 730. The van der Waals surface area contributed by atoms with Crippen LogP contribution in [0.25, 0.3) is 0 Å². The van der Waals surface area contributed by atoms with E-state index < -0.39 is 16.5 Å². The van der Waals surface area contributed by atoms with Gasteiger partial charge in [-0.2, -0.15) is 0 Å². The van der Waals surface area contributed by atoms with Crippen molar-refractivity contribution >= 4 is 38.9 Å². The van der Waals surface area contributed by atoms with Crippen molar-refractivity contribution in [2.45, 2.75) is 17.1 Å². The van der Waals surface area contributed by atoms with Crippen LogP contribution in [0.15, 0.2) is 40.6 Å². The molecule has 3 nitrogen and oxygen atoms in total. The van der Waals surface area contributed by atoms with Crippen LogP contribution >= 0.6 is 21.8 Å². The van der Waals surface area contributed by atoms with E-state index in [2.05, 4.69) is 0 Å². The van der Waals surface area contributed by atoms with E-state index in [9.17, 15) is 9.59 Å². The SMILES string of the molecule is Cc1ccc2c(c1)C(=O)C(c1cccs1)S2=CC(=O)O. The Labute approximate surface area is 122 Å². The summed E-state index contributed by atoms with van der Waals surface area (Å²) in [5.41, 5.74) is 1.69. The predicted octanol–water partition coefficient (Wildman–Crippen LogP) is 3.51. The van der Waals surface area contributed by atoms with Crippen molar-refractivity contribution in [1.29, 1.82) is 0 Å². The largest absolute Gasteiger partial charge is 0.478 e. The molecule has 1 N–H and O–H groups in total. The van der Waals surface area contributed by atoms with Crippen molar-refractivity contribution in [3.05, 3.63) is 51.7 Å². The van der Waals surface area contributed by atoms with E-state index >= 15 is 0 Å². The van der Waals surface area contributed by atoms with Crippen LogP contribution in [0.2, 0.25) is 0 Å². The molecule has 2 heterocycles. The number of aliphatic carboxylic acids is 1. The van der Waals surface area contributed by atoms with Crippen LogP contribution in [0.1, 0.15) is 26.0 Å². The highest BCUT2D eigenvalue weighted by atomic mass is 32.2. The van der Waals surface area contributed by atoms with Gasteiger partial charge in [0, 0.05) is 15.3 Å². The molecule has 0 saturated heterocycles. The molecular formula is C15H12O3S2. The smallest absolute Gasteiger partial charge is 0.334 e. The number of thiophene rings is 1. The van der Waals surface area contributed by atoms with Crippen LogP contribution in [0.3, 0.4) is 0 Å². The lowest BCUT2D eigenvalue weighted by Crippen LogP contribution is -2.04. The molecule has 2 aromatic rings. The van der Waals surface area contributed by atoms with E-state index in [1.807, 2.05) is 42.6 Å². The van der Waals surface area contributed by atoms with Gasteiger partial charge in [-0.25, -0.2) is 4.79 Å².